The van der Waals surface area contributed by atoms with Crippen molar-refractivity contribution < 1.29 is 4.74 Å². The van der Waals surface area contributed by atoms with Crippen LogP contribution in [0.5, 0.6) is 5.75 Å². The van der Waals surface area contributed by atoms with Gasteiger partial charge in [-0.2, -0.15) is 0 Å². The zero-order chi connectivity index (χ0) is 14.5. The van der Waals surface area contributed by atoms with Crippen LogP contribution in [0.2, 0.25) is 0 Å². The fourth-order valence-electron chi connectivity index (χ4n) is 2.97. The summed E-state index contributed by atoms with van der Waals surface area (Å²) in [6, 6.07) is 17.7. The van der Waals surface area contributed by atoms with Crippen molar-refractivity contribution >= 4 is 12.4 Å². The van der Waals surface area contributed by atoms with Crippen LogP contribution in [0, 0.1) is 0 Å². The van der Waals surface area contributed by atoms with Crippen molar-refractivity contribution in [3.63, 3.8) is 0 Å². The number of halogens is 1. The molecule has 2 nitrogen and oxygen atoms in total. The number of benzene rings is 2. The predicted molar refractivity (Wildman–Crippen MR) is 94.1 cm³/mol. The number of ether oxygens (including phenoxy) is 1. The van der Waals surface area contributed by atoms with E-state index in [-0.39, 0.29) is 12.4 Å². The average Bonchev–Trinajstić information content (AvgIpc) is 2.54. The van der Waals surface area contributed by atoms with E-state index in [0.29, 0.717) is 6.04 Å². The molecule has 0 aliphatic carbocycles. The number of hydrogen-bond acceptors (Lipinski definition) is 2. The van der Waals surface area contributed by atoms with Gasteiger partial charge in [-0.05, 0) is 54.6 Å². The van der Waals surface area contributed by atoms with Gasteiger partial charge in [-0.1, -0.05) is 43.3 Å². The van der Waals surface area contributed by atoms with Crippen LogP contribution in [0.1, 0.15) is 36.1 Å². The highest BCUT2D eigenvalue weighted by atomic mass is 35.5. The van der Waals surface area contributed by atoms with Crippen molar-refractivity contribution in [2.45, 2.75) is 32.2 Å². The van der Waals surface area contributed by atoms with Gasteiger partial charge in [0, 0.05) is 6.04 Å². The van der Waals surface area contributed by atoms with Gasteiger partial charge in [0.1, 0.15) is 5.75 Å². The molecule has 0 amide bonds. The van der Waals surface area contributed by atoms with Crippen LogP contribution >= 0.6 is 12.4 Å². The molecule has 2 aromatic carbocycles. The Labute approximate surface area is 139 Å². The Kier molecular flexibility index (Phi) is 6.29. The summed E-state index contributed by atoms with van der Waals surface area (Å²) in [6.07, 6.45) is 3.18. The summed E-state index contributed by atoms with van der Waals surface area (Å²) in [4.78, 5) is 0. The van der Waals surface area contributed by atoms with Crippen LogP contribution in [0.25, 0.3) is 0 Å². The molecule has 3 heteroatoms. The van der Waals surface area contributed by atoms with Gasteiger partial charge < -0.3 is 10.1 Å². The van der Waals surface area contributed by atoms with Crippen molar-refractivity contribution in [2.75, 3.05) is 13.2 Å². The molecule has 0 bridgehead atoms. The number of nitrogens with one attached hydrogen (secondary N) is 1. The fraction of sp³-hybridized carbons (Fsp3) is 0.368. The van der Waals surface area contributed by atoms with Gasteiger partial charge in [-0.25, -0.2) is 0 Å². The highest BCUT2D eigenvalue weighted by Gasteiger charge is 2.20. The van der Waals surface area contributed by atoms with Gasteiger partial charge in [-0.3, -0.25) is 0 Å². The van der Waals surface area contributed by atoms with E-state index in [0.717, 1.165) is 38.2 Å². The predicted octanol–water partition coefficient (Wildman–Crippen LogP) is 4.33. The van der Waals surface area contributed by atoms with Crippen LogP contribution in [-0.2, 0) is 12.8 Å². The highest BCUT2D eigenvalue weighted by molar-refractivity contribution is 5.85. The second kappa shape index (κ2) is 8.21. The quantitative estimate of drug-likeness (QED) is 0.886. The van der Waals surface area contributed by atoms with Gasteiger partial charge in [0.2, 0.25) is 0 Å². The average molecular weight is 318 g/mol. The Morgan fingerprint density at radius 3 is 2.73 bits per heavy atom. The smallest absolute Gasteiger partial charge is 0.119 e. The Hall–Kier alpha value is -1.51. The Morgan fingerprint density at radius 1 is 1.14 bits per heavy atom. The molecule has 0 radical (unpaired) electrons. The molecule has 0 saturated heterocycles. The van der Waals surface area contributed by atoms with E-state index in [1.54, 1.807) is 0 Å². The molecule has 1 aliphatic rings. The van der Waals surface area contributed by atoms with Gasteiger partial charge in [0.05, 0.1) is 6.61 Å². The first-order valence-electron chi connectivity index (χ1n) is 7.89. The minimum absolute atomic E-state index is 0. The molecule has 3 rings (SSSR count). The molecule has 1 aliphatic heterocycles. The largest absolute Gasteiger partial charge is 0.494 e. The molecular formula is C19H24ClNO. The number of hydrogen-bond donors (Lipinski definition) is 1. The maximum Gasteiger partial charge on any atom is 0.119 e. The second-order valence-corrected chi connectivity index (χ2v) is 5.66. The molecule has 118 valence electrons. The maximum absolute atomic E-state index is 5.75. The van der Waals surface area contributed by atoms with Gasteiger partial charge in [-0.15, -0.1) is 12.4 Å². The minimum Gasteiger partial charge on any atom is -0.494 e. The van der Waals surface area contributed by atoms with Gasteiger partial charge in [0.25, 0.3) is 0 Å². The Morgan fingerprint density at radius 2 is 1.95 bits per heavy atom. The molecule has 2 aromatic rings. The highest BCUT2D eigenvalue weighted by Crippen LogP contribution is 2.29. The standard InChI is InChI=1S/C19H23NO.ClH/c1-2-12-21-17-8-9-18-16(14-17)10-11-20-19(18)13-15-6-4-3-5-7-15;/h3-9,14,19-20H,2,10-13H2,1H3;1H. The van der Waals surface area contributed by atoms with Crippen molar-refractivity contribution in [1.29, 1.82) is 0 Å². The van der Waals surface area contributed by atoms with Crippen LogP contribution in [0.3, 0.4) is 0 Å². The second-order valence-electron chi connectivity index (χ2n) is 5.66. The van der Waals surface area contributed by atoms with Crippen molar-refractivity contribution in [3.05, 3.63) is 65.2 Å². The van der Waals surface area contributed by atoms with E-state index in [1.165, 1.54) is 16.7 Å². The normalized spacial score (nSPS) is 16.5. The van der Waals surface area contributed by atoms with E-state index >= 15 is 0 Å². The monoisotopic (exact) mass is 317 g/mol. The van der Waals surface area contributed by atoms with Crippen LogP contribution in [0.4, 0.5) is 0 Å². The summed E-state index contributed by atoms with van der Waals surface area (Å²) in [5.41, 5.74) is 4.24. The topological polar surface area (TPSA) is 21.3 Å². The fourth-order valence-corrected chi connectivity index (χ4v) is 2.97. The zero-order valence-electron chi connectivity index (χ0n) is 13.0. The van der Waals surface area contributed by atoms with E-state index < -0.39 is 0 Å². The lowest BCUT2D eigenvalue weighted by molar-refractivity contribution is 0.316. The van der Waals surface area contributed by atoms with Crippen molar-refractivity contribution in [3.8, 4) is 5.75 Å². The summed E-state index contributed by atoms with van der Waals surface area (Å²) in [7, 11) is 0. The number of rotatable bonds is 5. The molecular weight excluding hydrogens is 294 g/mol. The molecule has 1 heterocycles. The minimum atomic E-state index is 0. The maximum atomic E-state index is 5.75. The third kappa shape index (κ3) is 4.02. The first-order chi connectivity index (χ1) is 10.4. The number of fused-ring (bicyclic) bond motifs is 1. The Balaban J connectivity index is 0.00000176. The summed E-state index contributed by atoms with van der Waals surface area (Å²) >= 11 is 0. The lowest BCUT2D eigenvalue weighted by atomic mass is 9.90. The third-order valence-electron chi connectivity index (χ3n) is 4.03. The molecule has 0 fully saturated rings. The van der Waals surface area contributed by atoms with Gasteiger partial charge in [0.15, 0.2) is 0 Å². The lowest BCUT2D eigenvalue weighted by Gasteiger charge is -2.27. The van der Waals surface area contributed by atoms with E-state index in [4.69, 9.17) is 4.74 Å². The SMILES string of the molecule is CCCOc1ccc2c(c1)CCNC2Cc1ccccc1.Cl. The first-order valence-corrected chi connectivity index (χ1v) is 7.89. The third-order valence-corrected chi connectivity index (χ3v) is 4.03. The van der Waals surface area contributed by atoms with E-state index in [1.807, 2.05) is 0 Å². The van der Waals surface area contributed by atoms with E-state index in [9.17, 15) is 0 Å². The lowest BCUT2D eigenvalue weighted by Crippen LogP contribution is -2.31. The summed E-state index contributed by atoms with van der Waals surface area (Å²) < 4.78 is 5.75. The summed E-state index contributed by atoms with van der Waals surface area (Å²) in [6.45, 7) is 3.98. The molecule has 1 unspecified atom stereocenters. The van der Waals surface area contributed by atoms with Crippen LogP contribution in [0.15, 0.2) is 48.5 Å². The van der Waals surface area contributed by atoms with Crippen LogP contribution in [-0.4, -0.2) is 13.2 Å². The Bertz CT molecular complexity index is 585. The first kappa shape index (κ1) is 16.9. The van der Waals surface area contributed by atoms with Gasteiger partial charge >= 0.3 is 0 Å². The molecule has 1 N–H and O–H groups in total. The molecule has 22 heavy (non-hydrogen) atoms. The molecule has 0 aromatic heterocycles. The molecule has 0 saturated carbocycles. The zero-order valence-corrected chi connectivity index (χ0v) is 13.9. The van der Waals surface area contributed by atoms with Crippen LogP contribution < -0.4 is 10.1 Å². The molecule has 0 spiro atoms. The van der Waals surface area contributed by atoms with Crippen molar-refractivity contribution in [2.24, 2.45) is 0 Å². The molecule has 1 atom stereocenters. The van der Waals surface area contributed by atoms with Crippen molar-refractivity contribution in [1.82, 2.24) is 5.32 Å². The summed E-state index contributed by atoms with van der Waals surface area (Å²) in [5.74, 6) is 1.01. The van der Waals surface area contributed by atoms with E-state index in [2.05, 4.69) is 60.8 Å². The summed E-state index contributed by atoms with van der Waals surface area (Å²) in [5, 5.41) is 3.65.